The lowest BCUT2D eigenvalue weighted by atomic mass is 10.0. The molecule has 0 fully saturated rings. The van der Waals surface area contributed by atoms with Gasteiger partial charge < -0.3 is 9.32 Å². The monoisotopic (exact) mass is 293 g/mol. The van der Waals surface area contributed by atoms with Crippen LogP contribution in [0.5, 0.6) is 0 Å². The summed E-state index contributed by atoms with van der Waals surface area (Å²) in [4.78, 5) is 14.5. The lowest BCUT2D eigenvalue weighted by molar-refractivity contribution is 0.0983. The van der Waals surface area contributed by atoms with Gasteiger partial charge in [-0.15, -0.1) is 0 Å². The molecule has 1 aliphatic rings. The van der Waals surface area contributed by atoms with Crippen LogP contribution in [0.25, 0.3) is 11.5 Å². The molecule has 110 valence electrons. The maximum atomic E-state index is 12.8. The predicted octanol–water partition coefficient (Wildman–Crippen LogP) is 3.43. The molecule has 0 bridgehead atoms. The van der Waals surface area contributed by atoms with Crippen molar-refractivity contribution >= 4 is 11.6 Å². The smallest absolute Gasteiger partial charge is 0.278 e. The maximum absolute atomic E-state index is 12.8. The lowest BCUT2D eigenvalue weighted by Gasteiger charge is -2.15. The van der Waals surface area contributed by atoms with E-state index >= 15 is 0 Å². The highest BCUT2D eigenvalue weighted by Crippen LogP contribution is 2.36. The van der Waals surface area contributed by atoms with E-state index in [-0.39, 0.29) is 5.91 Å². The molecule has 0 saturated heterocycles. The van der Waals surface area contributed by atoms with Gasteiger partial charge in [-0.25, -0.2) is 0 Å². The van der Waals surface area contributed by atoms with E-state index in [1.807, 2.05) is 24.3 Å². The normalized spacial score (nSPS) is 16.8. The first-order valence-corrected chi connectivity index (χ1v) is 7.24. The van der Waals surface area contributed by atoms with E-state index in [4.69, 9.17) is 4.42 Å². The van der Waals surface area contributed by atoms with Gasteiger partial charge in [-0.2, -0.15) is 5.10 Å². The second-order valence-electron chi connectivity index (χ2n) is 5.52. The largest absolute Gasteiger partial charge is 0.463 e. The Bertz CT molecular complexity index is 820. The number of para-hydroxylation sites is 1. The Kier molecular flexibility index (Phi) is 2.85. The number of anilines is 1. The minimum absolute atomic E-state index is 0.0918. The summed E-state index contributed by atoms with van der Waals surface area (Å²) in [5, 5.41) is 6.99. The van der Waals surface area contributed by atoms with E-state index in [1.165, 1.54) is 5.56 Å². The molecule has 0 saturated carbocycles. The fraction of sp³-hybridized carbons (Fsp3) is 0.176. The molecule has 0 aliphatic carbocycles. The third kappa shape index (κ3) is 1.94. The standard InChI is InChI=1S/C17H15N3O2/c1-11-10-20(15-6-3-2-5-12(11)15)17(21)14-9-13(18-19-14)16-7-4-8-22-16/h2-9,11H,10H2,1H3,(H,18,19)/t11-/m1/s1. The zero-order valence-electron chi connectivity index (χ0n) is 12.1. The Morgan fingerprint density at radius 2 is 2.18 bits per heavy atom. The van der Waals surface area contributed by atoms with E-state index in [1.54, 1.807) is 23.3 Å². The van der Waals surface area contributed by atoms with Gasteiger partial charge >= 0.3 is 0 Å². The summed E-state index contributed by atoms with van der Waals surface area (Å²) in [6, 6.07) is 13.4. The molecule has 0 unspecified atom stereocenters. The molecular weight excluding hydrogens is 278 g/mol. The zero-order valence-corrected chi connectivity index (χ0v) is 12.1. The van der Waals surface area contributed by atoms with Crippen molar-refractivity contribution in [1.82, 2.24) is 10.2 Å². The van der Waals surface area contributed by atoms with Crippen molar-refractivity contribution in [2.24, 2.45) is 0 Å². The van der Waals surface area contributed by atoms with Crippen LogP contribution < -0.4 is 4.90 Å². The predicted molar refractivity (Wildman–Crippen MR) is 82.8 cm³/mol. The van der Waals surface area contributed by atoms with Crippen molar-refractivity contribution in [1.29, 1.82) is 0 Å². The molecule has 5 heteroatoms. The Hall–Kier alpha value is -2.82. The van der Waals surface area contributed by atoms with Crippen molar-refractivity contribution in [3.63, 3.8) is 0 Å². The number of nitrogens with zero attached hydrogens (tertiary/aromatic N) is 2. The molecule has 1 aromatic carbocycles. The summed E-state index contributed by atoms with van der Waals surface area (Å²) in [6.45, 7) is 2.81. The van der Waals surface area contributed by atoms with Crippen molar-refractivity contribution in [2.45, 2.75) is 12.8 Å². The van der Waals surface area contributed by atoms with Crippen LogP contribution in [0.2, 0.25) is 0 Å². The van der Waals surface area contributed by atoms with Crippen LogP contribution in [0.15, 0.2) is 53.1 Å². The average Bonchev–Trinajstić information content (AvgIpc) is 3.26. The molecule has 4 rings (SSSR count). The number of aromatic nitrogens is 2. The molecule has 1 atom stereocenters. The second-order valence-corrected chi connectivity index (χ2v) is 5.52. The number of amides is 1. The van der Waals surface area contributed by atoms with Gasteiger partial charge in [0.1, 0.15) is 5.69 Å². The Labute approximate surface area is 127 Å². The molecule has 5 nitrogen and oxygen atoms in total. The number of benzene rings is 1. The third-order valence-corrected chi connectivity index (χ3v) is 4.04. The summed E-state index contributed by atoms with van der Waals surface area (Å²) in [5.74, 6) is 0.913. The van der Waals surface area contributed by atoms with Gasteiger partial charge in [-0.1, -0.05) is 25.1 Å². The van der Waals surface area contributed by atoms with Crippen LogP contribution in [-0.2, 0) is 0 Å². The van der Waals surface area contributed by atoms with E-state index in [2.05, 4.69) is 23.2 Å². The van der Waals surface area contributed by atoms with Crippen molar-refractivity contribution < 1.29 is 9.21 Å². The summed E-state index contributed by atoms with van der Waals surface area (Å²) in [7, 11) is 0. The van der Waals surface area contributed by atoms with Gasteiger partial charge in [0, 0.05) is 24.2 Å². The molecule has 3 heterocycles. The van der Waals surface area contributed by atoms with Gasteiger partial charge in [0.2, 0.25) is 0 Å². The first-order chi connectivity index (χ1) is 10.7. The minimum atomic E-state index is -0.0918. The average molecular weight is 293 g/mol. The first-order valence-electron chi connectivity index (χ1n) is 7.24. The fourth-order valence-corrected chi connectivity index (χ4v) is 2.94. The maximum Gasteiger partial charge on any atom is 0.278 e. The SMILES string of the molecule is C[C@@H]1CN(C(=O)c2cc(-c3ccco3)[nH]n2)c2ccccc21. The van der Waals surface area contributed by atoms with Gasteiger partial charge in [0.15, 0.2) is 11.5 Å². The van der Waals surface area contributed by atoms with Gasteiger partial charge in [0.05, 0.1) is 6.26 Å². The third-order valence-electron chi connectivity index (χ3n) is 4.04. The van der Waals surface area contributed by atoms with Crippen molar-refractivity contribution in [2.75, 3.05) is 11.4 Å². The van der Waals surface area contributed by atoms with Gasteiger partial charge in [-0.05, 0) is 23.8 Å². The highest BCUT2D eigenvalue weighted by molar-refractivity contribution is 6.06. The van der Waals surface area contributed by atoms with Crippen molar-refractivity contribution in [3.8, 4) is 11.5 Å². The summed E-state index contributed by atoms with van der Waals surface area (Å²) in [5.41, 5.74) is 3.28. The number of hydrogen-bond donors (Lipinski definition) is 1. The van der Waals surface area contributed by atoms with E-state index in [0.29, 0.717) is 29.6 Å². The Morgan fingerprint density at radius 3 is 3.00 bits per heavy atom. The van der Waals surface area contributed by atoms with E-state index in [0.717, 1.165) is 5.69 Å². The van der Waals surface area contributed by atoms with Crippen LogP contribution in [0.1, 0.15) is 28.9 Å². The molecular formula is C17H15N3O2. The van der Waals surface area contributed by atoms with E-state index in [9.17, 15) is 4.79 Å². The molecule has 3 aromatic rings. The second kappa shape index (κ2) is 4.87. The minimum Gasteiger partial charge on any atom is -0.463 e. The van der Waals surface area contributed by atoms with Crippen LogP contribution >= 0.6 is 0 Å². The topological polar surface area (TPSA) is 62.1 Å². The van der Waals surface area contributed by atoms with Crippen LogP contribution in [0.4, 0.5) is 5.69 Å². The molecule has 0 radical (unpaired) electrons. The zero-order chi connectivity index (χ0) is 15.1. The molecule has 1 N–H and O–H groups in total. The highest BCUT2D eigenvalue weighted by atomic mass is 16.3. The highest BCUT2D eigenvalue weighted by Gasteiger charge is 2.31. The summed E-state index contributed by atoms with van der Waals surface area (Å²) >= 11 is 0. The number of hydrogen-bond acceptors (Lipinski definition) is 3. The molecule has 2 aromatic heterocycles. The first kappa shape index (κ1) is 12.9. The van der Waals surface area contributed by atoms with Crippen LogP contribution in [0, 0.1) is 0 Å². The quantitative estimate of drug-likeness (QED) is 0.787. The summed E-state index contributed by atoms with van der Waals surface area (Å²) < 4.78 is 5.32. The van der Waals surface area contributed by atoms with Gasteiger partial charge in [-0.3, -0.25) is 9.89 Å². The number of aromatic amines is 1. The lowest BCUT2D eigenvalue weighted by Crippen LogP contribution is -2.29. The number of rotatable bonds is 2. The molecule has 1 amide bonds. The van der Waals surface area contributed by atoms with Crippen LogP contribution in [0.3, 0.4) is 0 Å². The van der Waals surface area contributed by atoms with Gasteiger partial charge in [0.25, 0.3) is 5.91 Å². The Balaban J connectivity index is 1.66. The van der Waals surface area contributed by atoms with E-state index < -0.39 is 0 Å². The number of carbonyl (C=O) groups is 1. The molecule has 22 heavy (non-hydrogen) atoms. The van der Waals surface area contributed by atoms with Crippen molar-refractivity contribution in [3.05, 3.63) is 60.0 Å². The number of H-pyrrole nitrogens is 1. The molecule has 0 spiro atoms. The number of carbonyl (C=O) groups excluding carboxylic acids is 1. The van der Waals surface area contributed by atoms with Crippen LogP contribution in [-0.4, -0.2) is 22.6 Å². The molecule has 1 aliphatic heterocycles. The number of nitrogens with one attached hydrogen (secondary N) is 1. The Morgan fingerprint density at radius 1 is 1.32 bits per heavy atom. The number of fused-ring (bicyclic) bond motifs is 1. The summed E-state index contributed by atoms with van der Waals surface area (Å²) in [6.07, 6.45) is 1.59. The fourth-order valence-electron chi connectivity index (χ4n) is 2.94. The number of furan rings is 1.